The van der Waals surface area contributed by atoms with Crippen molar-refractivity contribution in [2.24, 2.45) is 5.84 Å². The van der Waals surface area contributed by atoms with E-state index in [4.69, 9.17) is 10.9 Å². The molecule has 0 aliphatic carbocycles. The van der Waals surface area contributed by atoms with Crippen molar-refractivity contribution in [3.8, 4) is 0 Å². The van der Waals surface area contributed by atoms with Crippen molar-refractivity contribution in [1.29, 1.82) is 0 Å². The number of aromatic carboxylic acids is 1. The Hall–Kier alpha value is -1.55. The fourth-order valence-corrected chi connectivity index (χ4v) is 0.795. The maximum Gasteiger partial charge on any atom is 0.337 e. The average Bonchev–Trinajstić information content (AvgIpc) is 2.20. The molecule has 0 spiro atoms. The second kappa shape index (κ2) is 6.02. The van der Waals surface area contributed by atoms with Gasteiger partial charge in [-0.25, -0.2) is 4.79 Å². The van der Waals surface area contributed by atoms with Gasteiger partial charge in [-0.05, 0) is 12.1 Å². The van der Waals surface area contributed by atoms with E-state index in [-0.39, 0.29) is 5.56 Å². The lowest BCUT2D eigenvalue weighted by atomic mass is 10.2. The minimum atomic E-state index is -0.987. The van der Waals surface area contributed by atoms with Crippen LogP contribution in [0.3, 0.4) is 0 Å². The van der Waals surface area contributed by atoms with Gasteiger partial charge in [0.15, 0.2) is 0 Å². The number of carbonyl (C=O) groups is 1. The van der Waals surface area contributed by atoms with Crippen molar-refractivity contribution in [3.63, 3.8) is 0 Å². The molecule has 0 heterocycles. The van der Waals surface area contributed by atoms with E-state index >= 15 is 0 Å². The van der Waals surface area contributed by atoms with Crippen molar-refractivity contribution in [2.45, 2.75) is 13.8 Å². The van der Waals surface area contributed by atoms with Gasteiger partial charge >= 0.3 is 5.97 Å². The Kier molecular flexibility index (Phi) is 5.30. The molecule has 0 atom stereocenters. The Balaban J connectivity index is 0.000000671. The van der Waals surface area contributed by atoms with Crippen molar-refractivity contribution in [3.05, 3.63) is 29.8 Å². The zero-order chi connectivity index (χ0) is 10.3. The lowest BCUT2D eigenvalue weighted by Gasteiger charge is -2.02. The molecule has 4 nitrogen and oxygen atoms in total. The van der Waals surface area contributed by atoms with E-state index < -0.39 is 5.97 Å². The number of benzene rings is 1. The minimum Gasteiger partial charge on any atom is -0.478 e. The smallest absolute Gasteiger partial charge is 0.337 e. The molecule has 0 bridgehead atoms. The number of anilines is 1. The second-order valence-corrected chi connectivity index (χ2v) is 2.00. The van der Waals surface area contributed by atoms with Crippen LogP contribution >= 0.6 is 0 Å². The molecule has 4 heteroatoms. The van der Waals surface area contributed by atoms with Crippen molar-refractivity contribution in [1.82, 2.24) is 0 Å². The molecule has 0 unspecified atom stereocenters. The van der Waals surface area contributed by atoms with Crippen LogP contribution in [-0.2, 0) is 0 Å². The normalized spacial score (nSPS) is 8.23. The first kappa shape index (κ1) is 11.4. The Morgan fingerprint density at radius 2 is 1.92 bits per heavy atom. The average molecular weight is 182 g/mol. The number of carboxylic acids is 1. The number of nitrogens with one attached hydrogen (secondary N) is 1. The number of nitrogen functional groups attached to an aromatic ring is 1. The van der Waals surface area contributed by atoms with Crippen molar-refractivity contribution >= 4 is 11.7 Å². The van der Waals surface area contributed by atoms with E-state index in [1.165, 1.54) is 6.07 Å². The van der Waals surface area contributed by atoms with Crippen molar-refractivity contribution in [2.75, 3.05) is 5.43 Å². The molecule has 0 radical (unpaired) electrons. The molecule has 13 heavy (non-hydrogen) atoms. The third-order valence-corrected chi connectivity index (χ3v) is 1.31. The van der Waals surface area contributed by atoms with Gasteiger partial charge in [-0.15, -0.1) is 0 Å². The summed E-state index contributed by atoms with van der Waals surface area (Å²) in [6.07, 6.45) is 0. The van der Waals surface area contributed by atoms with Gasteiger partial charge in [-0.1, -0.05) is 26.0 Å². The van der Waals surface area contributed by atoms with Crippen LogP contribution in [0.15, 0.2) is 24.3 Å². The molecule has 1 aromatic carbocycles. The summed E-state index contributed by atoms with van der Waals surface area (Å²) in [5.74, 6) is 4.09. The monoisotopic (exact) mass is 182 g/mol. The fourth-order valence-electron chi connectivity index (χ4n) is 0.795. The highest BCUT2D eigenvalue weighted by atomic mass is 16.4. The molecule has 1 rings (SSSR count). The third-order valence-electron chi connectivity index (χ3n) is 1.31. The number of carboxylic acid groups (broad SMARTS) is 1. The third kappa shape index (κ3) is 3.13. The molecule has 0 fully saturated rings. The summed E-state index contributed by atoms with van der Waals surface area (Å²) in [6, 6.07) is 6.44. The molecule has 0 aliphatic heterocycles. The summed E-state index contributed by atoms with van der Waals surface area (Å²) in [7, 11) is 0. The van der Waals surface area contributed by atoms with Gasteiger partial charge in [0.25, 0.3) is 0 Å². The summed E-state index contributed by atoms with van der Waals surface area (Å²) < 4.78 is 0. The zero-order valence-corrected chi connectivity index (χ0v) is 7.74. The molecular weight excluding hydrogens is 168 g/mol. The van der Waals surface area contributed by atoms with Gasteiger partial charge in [0.2, 0.25) is 0 Å². The standard InChI is InChI=1S/C7H8N2O2.C2H6/c8-9-6-4-2-1-3-5(6)7(10)11;1-2/h1-4,9H,8H2,(H,10,11);1-2H3. The number of nitrogens with two attached hydrogens (primary N) is 1. The van der Waals surface area contributed by atoms with Gasteiger partial charge in [0, 0.05) is 0 Å². The van der Waals surface area contributed by atoms with Gasteiger partial charge in [0.05, 0.1) is 11.3 Å². The summed E-state index contributed by atoms with van der Waals surface area (Å²) in [5.41, 5.74) is 2.89. The zero-order valence-electron chi connectivity index (χ0n) is 7.74. The van der Waals surface area contributed by atoms with E-state index in [0.717, 1.165) is 0 Å². The molecule has 0 saturated heterocycles. The molecule has 0 amide bonds. The Morgan fingerprint density at radius 1 is 1.38 bits per heavy atom. The molecule has 0 saturated carbocycles. The van der Waals surface area contributed by atoms with Crippen LogP contribution in [0.5, 0.6) is 0 Å². The first-order valence-electron chi connectivity index (χ1n) is 4.04. The molecule has 4 N–H and O–H groups in total. The topological polar surface area (TPSA) is 75.3 Å². The number of rotatable bonds is 2. The van der Waals surface area contributed by atoms with Gasteiger partial charge in [-0.2, -0.15) is 0 Å². The van der Waals surface area contributed by atoms with Crippen LogP contribution in [0.4, 0.5) is 5.69 Å². The summed E-state index contributed by atoms with van der Waals surface area (Å²) in [5, 5.41) is 8.60. The quantitative estimate of drug-likeness (QED) is 0.480. The first-order valence-corrected chi connectivity index (χ1v) is 4.04. The lowest BCUT2D eigenvalue weighted by Crippen LogP contribution is -2.11. The highest BCUT2D eigenvalue weighted by molar-refractivity contribution is 5.93. The SMILES string of the molecule is CC.NNc1ccccc1C(=O)O. The van der Waals surface area contributed by atoms with E-state index in [1.807, 2.05) is 13.8 Å². The molecule has 72 valence electrons. The molecule has 0 aromatic heterocycles. The van der Waals surface area contributed by atoms with Gasteiger partial charge in [0.1, 0.15) is 0 Å². The highest BCUT2D eigenvalue weighted by Gasteiger charge is 2.06. The first-order chi connectivity index (χ1) is 6.25. The van der Waals surface area contributed by atoms with Crippen LogP contribution in [-0.4, -0.2) is 11.1 Å². The van der Waals surface area contributed by atoms with E-state index in [1.54, 1.807) is 18.2 Å². The fraction of sp³-hybridized carbons (Fsp3) is 0.222. The molecule has 0 aliphatic rings. The summed E-state index contributed by atoms with van der Waals surface area (Å²) in [4.78, 5) is 10.5. The predicted octanol–water partition coefficient (Wildman–Crippen LogP) is 1.70. The number of para-hydroxylation sites is 1. The lowest BCUT2D eigenvalue weighted by molar-refractivity contribution is 0.0698. The summed E-state index contributed by atoms with van der Waals surface area (Å²) >= 11 is 0. The van der Waals surface area contributed by atoms with Crippen LogP contribution in [0.1, 0.15) is 24.2 Å². The maximum absolute atomic E-state index is 10.5. The van der Waals surface area contributed by atoms with E-state index in [2.05, 4.69) is 5.43 Å². The largest absolute Gasteiger partial charge is 0.478 e. The van der Waals surface area contributed by atoms with Crippen LogP contribution in [0.2, 0.25) is 0 Å². The Morgan fingerprint density at radius 3 is 2.31 bits per heavy atom. The molecule has 1 aromatic rings. The minimum absolute atomic E-state index is 0.176. The Labute approximate surface area is 77.3 Å². The van der Waals surface area contributed by atoms with E-state index in [0.29, 0.717) is 5.69 Å². The highest BCUT2D eigenvalue weighted by Crippen LogP contribution is 2.12. The Bertz CT molecular complexity index is 274. The number of hydrogen-bond donors (Lipinski definition) is 3. The van der Waals surface area contributed by atoms with Crippen LogP contribution < -0.4 is 11.3 Å². The van der Waals surface area contributed by atoms with Gasteiger partial charge in [-0.3, -0.25) is 5.84 Å². The van der Waals surface area contributed by atoms with Gasteiger partial charge < -0.3 is 10.5 Å². The van der Waals surface area contributed by atoms with Crippen LogP contribution in [0.25, 0.3) is 0 Å². The van der Waals surface area contributed by atoms with E-state index in [9.17, 15) is 4.79 Å². The second-order valence-electron chi connectivity index (χ2n) is 2.00. The van der Waals surface area contributed by atoms with Crippen molar-refractivity contribution < 1.29 is 9.90 Å². The molecular formula is C9H14N2O2. The van der Waals surface area contributed by atoms with Crippen LogP contribution in [0, 0.1) is 0 Å². The number of hydrazine groups is 1. The predicted molar refractivity (Wildman–Crippen MR) is 52.6 cm³/mol. The number of hydrogen-bond acceptors (Lipinski definition) is 3. The summed E-state index contributed by atoms with van der Waals surface area (Å²) in [6.45, 7) is 4.00. The maximum atomic E-state index is 10.5.